The van der Waals surface area contributed by atoms with Crippen molar-refractivity contribution in [1.82, 2.24) is 0 Å². The number of carbonyl (C=O) groups excluding carboxylic acids is 3. The SMILES string of the molecule is CC/C=C\C/C=C\C/C=C\C/C=C\C/C=C\CC(=O)OCC(COC(=O)CCCCCCCCCCCCCCCCCCCC)OC(=O)CCCCCCCCC/C=C\C/C=C\C/C=C\CC. The Hall–Kier alpha value is -3.67. The van der Waals surface area contributed by atoms with Gasteiger partial charge < -0.3 is 14.2 Å². The Morgan fingerprint density at radius 3 is 1.03 bits per heavy atom. The van der Waals surface area contributed by atoms with Crippen LogP contribution in [0, 0.1) is 0 Å². The molecule has 1 unspecified atom stereocenters. The molecule has 0 aliphatic rings. The standard InChI is InChI=1S/C62H104O6/c1-4-7-10-13-16-19-22-25-28-30-32-34-37-40-43-46-49-52-55-61(64)67-58-59(57-66-60(63)54-51-48-45-42-39-36-33-27-24-21-18-15-12-9-6-3)68-62(65)56-53-50-47-44-41-38-35-31-29-26-23-20-17-14-11-8-5-2/h8-9,11-12,17-18,20-21,26-27,29,33,39,42,48,51,59H,4-7,10,13-16,19,22-25,28,30-32,34-38,40-41,43-47,49-50,52-58H2,1-3H3/b11-8-,12-9-,20-17-,21-18-,29-26-,33-27-,42-39-,51-48-. The Kier molecular flexibility index (Phi) is 52.9. The first-order chi connectivity index (χ1) is 33.5. The molecule has 0 fully saturated rings. The highest BCUT2D eigenvalue weighted by molar-refractivity contribution is 5.72. The second-order valence-electron chi connectivity index (χ2n) is 18.5. The van der Waals surface area contributed by atoms with Gasteiger partial charge in [-0.05, 0) is 77.0 Å². The van der Waals surface area contributed by atoms with E-state index in [0.29, 0.717) is 12.8 Å². The molecule has 0 aliphatic carbocycles. The van der Waals surface area contributed by atoms with Crippen LogP contribution in [0.2, 0.25) is 0 Å². The molecule has 0 aromatic heterocycles. The van der Waals surface area contributed by atoms with Crippen LogP contribution >= 0.6 is 0 Å². The van der Waals surface area contributed by atoms with E-state index in [4.69, 9.17) is 14.2 Å². The van der Waals surface area contributed by atoms with E-state index >= 15 is 0 Å². The summed E-state index contributed by atoms with van der Waals surface area (Å²) in [5.74, 6) is -1.05. The van der Waals surface area contributed by atoms with Crippen molar-refractivity contribution in [3.8, 4) is 0 Å². The second kappa shape index (κ2) is 55.9. The summed E-state index contributed by atoms with van der Waals surface area (Å²) < 4.78 is 16.7. The zero-order valence-corrected chi connectivity index (χ0v) is 44.3. The summed E-state index contributed by atoms with van der Waals surface area (Å²) in [5.41, 5.74) is 0. The predicted octanol–water partition coefficient (Wildman–Crippen LogP) is 18.9. The molecule has 0 aromatic carbocycles. The van der Waals surface area contributed by atoms with Gasteiger partial charge >= 0.3 is 17.9 Å². The smallest absolute Gasteiger partial charge is 0.309 e. The third-order valence-corrected chi connectivity index (χ3v) is 11.9. The van der Waals surface area contributed by atoms with Crippen LogP contribution in [0.5, 0.6) is 0 Å². The molecule has 0 rings (SSSR count). The van der Waals surface area contributed by atoms with E-state index in [1.807, 2.05) is 6.08 Å². The largest absolute Gasteiger partial charge is 0.462 e. The van der Waals surface area contributed by atoms with Gasteiger partial charge in [-0.3, -0.25) is 14.4 Å². The zero-order valence-electron chi connectivity index (χ0n) is 44.3. The van der Waals surface area contributed by atoms with Crippen molar-refractivity contribution < 1.29 is 28.6 Å². The molecule has 6 heteroatoms. The number of unbranched alkanes of at least 4 members (excludes halogenated alkanes) is 24. The van der Waals surface area contributed by atoms with Crippen LogP contribution in [0.25, 0.3) is 0 Å². The minimum absolute atomic E-state index is 0.110. The summed E-state index contributed by atoms with van der Waals surface area (Å²) >= 11 is 0. The van der Waals surface area contributed by atoms with Crippen molar-refractivity contribution >= 4 is 17.9 Å². The normalized spacial score (nSPS) is 12.8. The molecule has 0 saturated carbocycles. The lowest BCUT2D eigenvalue weighted by atomic mass is 10.0. The number of carbonyl (C=O) groups is 3. The summed E-state index contributed by atoms with van der Waals surface area (Å²) in [6.07, 6.45) is 74.2. The second-order valence-corrected chi connectivity index (χ2v) is 18.5. The van der Waals surface area contributed by atoms with Crippen molar-refractivity contribution in [3.63, 3.8) is 0 Å². The molecule has 68 heavy (non-hydrogen) atoms. The van der Waals surface area contributed by atoms with E-state index in [2.05, 4.69) is 106 Å². The van der Waals surface area contributed by atoms with Crippen LogP contribution in [0.3, 0.4) is 0 Å². The van der Waals surface area contributed by atoms with Gasteiger partial charge in [0.05, 0.1) is 6.42 Å². The highest BCUT2D eigenvalue weighted by atomic mass is 16.6. The Morgan fingerprint density at radius 1 is 0.324 bits per heavy atom. The molecule has 0 radical (unpaired) electrons. The third kappa shape index (κ3) is 53.3. The lowest BCUT2D eigenvalue weighted by molar-refractivity contribution is -0.166. The van der Waals surface area contributed by atoms with Gasteiger partial charge in [0.15, 0.2) is 6.10 Å². The number of rotatable bonds is 50. The van der Waals surface area contributed by atoms with Crippen LogP contribution in [-0.2, 0) is 28.6 Å². The Morgan fingerprint density at radius 2 is 0.632 bits per heavy atom. The van der Waals surface area contributed by atoms with Crippen LogP contribution in [-0.4, -0.2) is 37.2 Å². The highest BCUT2D eigenvalue weighted by Crippen LogP contribution is 2.16. The van der Waals surface area contributed by atoms with Gasteiger partial charge in [0.25, 0.3) is 0 Å². The number of allylic oxidation sites excluding steroid dienone is 15. The first-order valence-electron chi connectivity index (χ1n) is 28.2. The summed E-state index contributed by atoms with van der Waals surface area (Å²) in [6, 6.07) is 0. The molecule has 0 spiro atoms. The fourth-order valence-corrected chi connectivity index (χ4v) is 7.71. The van der Waals surface area contributed by atoms with Crippen LogP contribution in [0.15, 0.2) is 97.2 Å². The van der Waals surface area contributed by atoms with E-state index in [9.17, 15) is 14.4 Å². The molecular formula is C62H104O6. The topological polar surface area (TPSA) is 78.9 Å². The lowest BCUT2D eigenvalue weighted by Crippen LogP contribution is -2.30. The van der Waals surface area contributed by atoms with Crippen molar-refractivity contribution in [2.45, 2.75) is 264 Å². The Bertz CT molecular complexity index is 1360. The fraction of sp³-hybridized carbons (Fsp3) is 0.694. The lowest BCUT2D eigenvalue weighted by Gasteiger charge is -2.18. The van der Waals surface area contributed by atoms with Crippen molar-refractivity contribution in [2.75, 3.05) is 13.2 Å². The monoisotopic (exact) mass is 945 g/mol. The molecule has 0 heterocycles. The average Bonchev–Trinajstić information content (AvgIpc) is 3.34. The van der Waals surface area contributed by atoms with Crippen molar-refractivity contribution in [3.05, 3.63) is 97.2 Å². The van der Waals surface area contributed by atoms with Gasteiger partial charge in [-0.25, -0.2) is 0 Å². The summed E-state index contributed by atoms with van der Waals surface area (Å²) in [4.78, 5) is 38.1. The maximum absolute atomic E-state index is 12.8. The van der Waals surface area contributed by atoms with Gasteiger partial charge in [0, 0.05) is 12.8 Å². The van der Waals surface area contributed by atoms with E-state index in [0.717, 1.165) is 96.3 Å². The summed E-state index contributed by atoms with van der Waals surface area (Å²) in [7, 11) is 0. The molecular weight excluding hydrogens is 841 g/mol. The van der Waals surface area contributed by atoms with Gasteiger partial charge in [0.1, 0.15) is 13.2 Å². The average molecular weight is 946 g/mol. The molecule has 0 saturated heterocycles. The zero-order chi connectivity index (χ0) is 49.3. The first-order valence-corrected chi connectivity index (χ1v) is 28.2. The van der Waals surface area contributed by atoms with Crippen LogP contribution in [0.4, 0.5) is 0 Å². The Balaban J connectivity index is 4.48. The van der Waals surface area contributed by atoms with Crippen LogP contribution in [0.1, 0.15) is 258 Å². The maximum Gasteiger partial charge on any atom is 0.309 e. The van der Waals surface area contributed by atoms with Gasteiger partial charge in [-0.2, -0.15) is 0 Å². The van der Waals surface area contributed by atoms with E-state index in [-0.39, 0.29) is 31.6 Å². The highest BCUT2D eigenvalue weighted by Gasteiger charge is 2.19. The molecule has 6 nitrogen and oxygen atoms in total. The molecule has 0 amide bonds. The van der Waals surface area contributed by atoms with Crippen LogP contribution < -0.4 is 0 Å². The predicted molar refractivity (Wildman–Crippen MR) is 293 cm³/mol. The molecule has 0 aliphatic heterocycles. The number of esters is 3. The maximum atomic E-state index is 12.8. The number of hydrogen-bond acceptors (Lipinski definition) is 6. The third-order valence-electron chi connectivity index (χ3n) is 11.9. The van der Waals surface area contributed by atoms with Gasteiger partial charge in [0.2, 0.25) is 0 Å². The number of ether oxygens (including phenoxy) is 3. The van der Waals surface area contributed by atoms with Gasteiger partial charge in [-0.15, -0.1) is 0 Å². The van der Waals surface area contributed by atoms with Gasteiger partial charge in [-0.1, -0.05) is 259 Å². The van der Waals surface area contributed by atoms with E-state index in [1.54, 1.807) is 6.08 Å². The van der Waals surface area contributed by atoms with E-state index < -0.39 is 12.1 Å². The number of hydrogen-bond donors (Lipinski definition) is 0. The molecule has 0 aromatic rings. The Labute approximate surface area is 419 Å². The minimum Gasteiger partial charge on any atom is -0.462 e. The molecule has 388 valence electrons. The van der Waals surface area contributed by atoms with Crippen molar-refractivity contribution in [2.24, 2.45) is 0 Å². The molecule has 1 atom stereocenters. The van der Waals surface area contributed by atoms with Crippen molar-refractivity contribution in [1.29, 1.82) is 0 Å². The first kappa shape index (κ1) is 64.3. The fourth-order valence-electron chi connectivity index (χ4n) is 7.71. The quantitative estimate of drug-likeness (QED) is 0.0262. The summed E-state index contributed by atoms with van der Waals surface area (Å²) in [5, 5.41) is 0. The summed E-state index contributed by atoms with van der Waals surface area (Å²) in [6.45, 7) is 6.33. The molecule has 0 bridgehead atoms. The molecule has 0 N–H and O–H groups in total. The van der Waals surface area contributed by atoms with E-state index in [1.165, 1.54) is 122 Å². The minimum atomic E-state index is -0.822.